The third-order valence-electron chi connectivity index (χ3n) is 4.46. The molecule has 0 radical (unpaired) electrons. The molecular formula is C18H25N5O2. The van der Waals surface area contributed by atoms with Crippen LogP contribution in [0.2, 0.25) is 0 Å². The standard InChI is InChI=1S/C18H25N5O2/c19-17-12-15(5-6-21-17)3-4-16-13-23(10-11-25-16)18(24)2-1-8-22-9-7-20-14-22/h5-7,9,12,14,16H,1-4,8,10-11,13H2,(H2,19,21). The van der Waals surface area contributed by atoms with E-state index in [9.17, 15) is 4.79 Å². The minimum Gasteiger partial charge on any atom is -0.384 e. The lowest BCUT2D eigenvalue weighted by Gasteiger charge is -2.33. The molecule has 0 saturated carbocycles. The summed E-state index contributed by atoms with van der Waals surface area (Å²) in [4.78, 5) is 22.4. The number of rotatable bonds is 7. The number of nitrogen functional groups attached to an aromatic ring is 1. The Morgan fingerprint density at radius 3 is 3.12 bits per heavy atom. The normalized spacial score (nSPS) is 17.6. The maximum absolute atomic E-state index is 12.4. The Kier molecular flexibility index (Phi) is 6.00. The van der Waals surface area contributed by atoms with Crippen LogP contribution in [0.25, 0.3) is 0 Å². The van der Waals surface area contributed by atoms with E-state index in [0.717, 1.165) is 31.4 Å². The summed E-state index contributed by atoms with van der Waals surface area (Å²) < 4.78 is 7.82. The maximum atomic E-state index is 12.4. The summed E-state index contributed by atoms with van der Waals surface area (Å²) in [5.41, 5.74) is 6.86. The summed E-state index contributed by atoms with van der Waals surface area (Å²) in [6.07, 6.45) is 10.4. The number of anilines is 1. The van der Waals surface area contributed by atoms with Crippen LogP contribution in [0.15, 0.2) is 37.1 Å². The molecule has 3 rings (SSSR count). The molecule has 2 aromatic rings. The maximum Gasteiger partial charge on any atom is 0.222 e. The molecule has 1 fully saturated rings. The number of nitrogens with zero attached hydrogens (tertiary/aromatic N) is 4. The molecule has 3 heterocycles. The Morgan fingerprint density at radius 1 is 1.40 bits per heavy atom. The van der Waals surface area contributed by atoms with Gasteiger partial charge in [-0.05, 0) is 37.0 Å². The van der Waals surface area contributed by atoms with E-state index in [4.69, 9.17) is 10.5 Å². The molecule has 1 saturated heterocycles. The molecule has 1 aliphatic heterocycles. The van der Waals surface area contributed by atoms with Crippen molar-refractivity contribution < 1.29 is 9.53 Å². The number of pyridine rings is 1. The van der Waals surface area contributed by atoms with Crippen LogP contribution in [-0.4, -0.2) is 51.1 Å². The topological polar surface area (TPSA) is 86.3 Å². The van der Waals surface area contributed by atoms with Gasteiger partial charge in [-0.25, -0.2) is 9.97 Å². The summed E-state index contributed by atoms with van der Waals surface area (Å²) in [5.74, 6) is 0.748. The lowest BCUT2D eigenvalue weighted by atomic mass is 10.1. The van der Waals surface area contributed by atoms with Gasteiger partial charge in [0.15, 0.2) is 0 Å². The summed E-state index contributed by atoms with van der Waals surface area (Å²) in [7, 11) is 0. The lowest BCUT2D eigenvalue weighted by molar-refractivity contribution is -0.139. The van der Waals surface area contributed by atoms with Gasteiger partial charge in [-0.2, -0.15) is 0 Å². The highest BCUT2D eigenvalue weighted by atomic mass is 16.5. The number of imidazole rings is 1. The zero-order chi connectivity index (χ0) is 17.5. The smallest absolute Gasteiger partial charge is 0.222 e. The van der Waals surface area contributed by atoms with Crippen molar-refractivity contribution >= 4 is 11.7 Å². The van der Waals surface area contributed by atoms with Gasteiger partial charge in [0.2, 0.25) is 5.91 Å². The van der Waals surface area contributed by atoms with Crippen molar-refractivity contribution in [3.05, 3.63) is 42.6 Å². The van der Waals surface area contributed by atoms with Crippen LogP contribution in [0.5, 0.6) is 0 Å². The van der Waals surface area contributed by atoms with E-state index >= 15 is 0 Å². The number of aromatic nitrogens is 3. The molecule has 1 atom stereocenters. The first kappa shape index (κ1) is 17.4. The van der Waals surface area contributed by atoms with Crippen molar-refractivity contribution in [2.45, 2.75) is 38.3 Å². The van der Waals surface area contributed by atoms with Gasteiger partial charge in [0.25, 0.3) is 0 Å². The summed E-state index contributed by atoms with van der Waals surface area (Å²) in [6.45, 7) is 2.78. The number of carbonyl (C=O) groups is 1. The van der Waals surface area contributed by atoms with E-state index in [1.54, 1.807) is 18.7 Å². The largest absolute Gasteiger partial charge is 0.384 e. The van der Waals surface area contributed by atoms with E-state index < -0.39 is 0 Å². The minimum atomic E-state index is 0.0840. The van der Waals surface area contributed by atoms with Crippen molar-refractivity contribution in [1.29, 1.82) is 0 Å². The van der Waals surface area contributed by atoms with E-state index in [0.29, 0.717) is 31.9 Å². The Bertz CT molecular complexity index is 674. The van der Waals surface area contributed by atoms with Gasteiger partial charge in [0, 0.05) is 44.6 Å². The number of carbonyl (C=O) groups excluding carboxylic acids is 1. The first-order chi connectivity index (χ1) is 12.2. The highest BCUT2D eigenvalue weighted by Crippen LogP contribution is 2.14. The molecule has 0 bridgehead atoms. The SMILES string of the molecule is Nc1cc(CCC2CN(C(=O)CCCn3ccnc3)CCO2)ccn1. The Labute approximate surface area is 147 Å². The molecule has 25 heavy (non-hydrogen) atoms. The van der Waals surface area contributed by atoms with Gasteiger partial charge in [0.1, 0.15) is 5.82 Å². The first-order valence-electron chi connectivity index (χ1n) is 8.76. The van der Waals surface area contributed by atoms with E-state index in [-0.39, 0.29) is 12.0 Å². The van der Waals surface area contributed by atoms with Crippen molar-refractivity contribution in [1.82, 2.24) is 19.4 Å². The molecule has 1 aliphatic rings. The van der Waals surface area contributed by atoms with Crippen LogP contribution in [0.4, 0.5) is 5.82 Å². The number of morpholine rings is 1. The fourth-order valence-corrected chi connectivity index (χ4v) is 3.09. The van der Waals surface area contributed by atoms with Gasteiger partial charge < -0.3 is 19.9 Å². The highest BCUT2D eigenvalue weighted by molar-refractivity contribution is 5.76. The van der Waals surface area contributed by atoms with Crippen LogP contribution in [0.1, 0.15) is 24.8 Å². The number of amides is 1. The number of hydrogen-bond acceptors (Lipinski definition) is 5. The Hall–Kier alpha value is -2.41. The first-order valence-corrected chi connectivity index (χ1v) is 8.76. The zero-order valence-corrected chi connectivity index (χ0v) is 14.4. The van der Waals surface area contributed by atoms with Gasteiger partial charge in [-0.15, -0.1) is 0 Å². The fraction of sp³-hybridized carbons (Fsp3) is 0.500. The fourth-order valence-electron chi connectivity index (χ4n) is 3.09. The van der Waals surface area contributed by atoms with Gasteiger partial charge in [-0.1, -0.05) is 0 Å². The molecule has 0 spiro atoms. The second kappa shape index (κ2) is 8.62. The predicted octanol–water partition coefficient (Wildman–Crippen LogP) is 1.50. The van der Waals surface area contributed by atoms with E-state index in [1.165, 1.54) is 0 Å². The Morgan fingerprint density at radius 2 is 2.32 bits per heavy atom. The molecule has 2 N–H and O–H groups in total. The summed E-state index contributed by atoms with van der Waals surface area (Å²) >= 11 is 0. The van der Waals surface area contributed by atoms with E-state index in [1.807, 2.05) is 27.8 Å². The number of ether oxygens (including phenoxy) is 1. The van der Waals surface area contributed by atoms with Crippen LogP contribution < -0.4 is 5.73 Å². The summed E-state index contributed by atoms with van der Waals surface area (Å²) in [6, 6.07) is 3.86. The molecule has 1 amide bonds. The highest BCUT2D eigenvalue weighted by Gasteiger charge is 2.23. The average molecular weight is 343 g/mol. The number of nitrogens with two attached hydrogens (primary N) is 1. The van der Waals surface area contributed by atoms with E-state index in [2.05, 4.69) is 9.97 Å². The average Bonchev–Trinajstić information content (AvgIpc) is 3.14. The lowest BCUT2D eigenvalue weighted by Crippen LogP contribution is -2.45. The van der Waals surface area contributed by atoms with Gasteiger partial charge in [-0.3, -0.25) is 4.79 Å². The van der Waals surface area contributed by atoms with Crippen molar-refractivity contribution in [3.8, 4) is 0 Å². The molecule has 1 unspecified atom stereocenters. The second-order valence-electron chi connectivity index (χ2n) is 6.36. The summed E-state index contributed by atoms with van der Waals surface area (Å²) in [5, 5.41) is 0. The molecule has 7 nitrogen and oxygen atoms in total. The second-order valence-corrected chi connectivity index (χ2v) is 6.36. The molecular weight excluding hydrogens is 318 g/mol. The van der Waals surface area contributed by atoms with Crippen molar-refractivity contribution in [2.75, 3.05) is 25.4 Å². The van der Waals surface area contributed by atoms with Crippen LogP contribution >= 0.6 is 0 Å². The Balaban J connectivity index is 1.41. The molecule has 7 heteroatoms. The minimum absolute atomic E-state index is 0.0840. The van der Waals surface area contributed by atoms with Gasteiger partial charge in [0.05, 0.1) is 19.0 Å². The monoisotopic (exact) mass is 343 g/mol. The third kappa shape index (κ3) is 5.29. The molecule has 2 aromatic heterocycles. The van der Waals surface area contributed by atoms with Crippen LogP contribution in [0.3, 0.4) is 0 Å². The van der Waals surface area contributed by atoms with Gasteiger partial charge >= 0.3 is 0 Å². The zero-order valence-electron chi connectivity index (χ0n) is 14.4. The number of aryl methyl sites for hydroxylation is 2. The quantitative estimate of drug-likeness (QED) is 0.823. The molecule has 0 aromatic carbocycles. The van der Waals surface area contributed by atoms with Crippen molar-refractivity contribution in [2.24, 2.45) is 0 Å². The molecule has 134 valence electrons. The number of hydrogen-bond donors (Lipinski definition) is 1. The van der Waals surface area contributed by atoms with Crippen LogP contribution in [0, 0.1) is 0 Å². The van der Waals surface area contributed by atoms with Crippen LogP contribution in [-0.2, 0) is 22.5 Å². The van der Waals surface area contributed by atoms with Crippen molar-refractivity contribution in [3.63, 3.8) is 0 Å². The predicted molar refractivity (Wildman–Crippen MR) is 94.8 cm³/mol. The third-order valence-corrected chi connectivity index (χ3v) is 4.46. The molecule has 0 aliphatic carbocycles.